The maximum atomic E-state index is 14.0. The van der Waals surface area contributed by atoms with Crippen LogP contribution in [0.3, 0.4) is 0 Å². The third kappa shape index (κ3) is 4.25. The minimum absolute atomic E-state index is 0.101. The molecule has 154 valence electrons. The molecule has 1 saturated carbocycles. The van der Waals surface area contributed by atoms with Crippen molar-refractivity contribution in [1.82, 2.24) is 14.2 Å². The number of anilines is 1. The highest BCUT2D eigenvalue weighted by Gasteiger charge is 2.40. The molecule has 1 saturated heterocycles. The number of para-hydroxylation sites is 1. The Balaban J connectivity index is 1.42. The van der Waals surface area contributed by atoms with Gasteiger partial charge in [0.15, 0.2) is 0 Å². The van der Waals surface area contributed by atoms with Crippen molar-refractivity contribution < 1.29 is 17.6 Å². The van der Waals surface area contributed by atoms with E-state index in [0.717, 1.165) is 12.8 Å². The van der Waals surface area contributed by atoms with E-state index in [0.29, 0.717) is 31.9 Å². The standard InChI is InChI=1S/C20H23FN4O3S/c21-18-5-1-2-6-19(18)23-10-12-24(13-11-23)20(26)15-25(16-7-8-16)29(27,28)17-4-3-9-22-14-17/h1-6,9,14,16H,7-8,10-13,15H2. The van der Waals surface area contributed by atoms with Crippen LogP contribution in [-0.4, -0.2) is 67.3 Å². The number of benzene rings is 1. The van der Waals surface area contributed by atoms with E-state index in [-0.39, 0.29) is 29.2 Å². The number of nitrogens with zero attached hydrogens (tertiary/aromatic N) is 4. The SMILES string of the molecule is O=C(CN(C1CC1)S(=O)(=O)c1cccnc1)N1CCN(c2ccccc2F)CC1. The number of halogens is 1. The van der Waals surface area contributed by atoms with Gasteiger partial charge >= 0.3 is 0 Å². The molecule has 9 heteroatoms. The lowest BCUT2D eigenvalue weighted by Gasteiger charge is -2.37. The molecule has 1 aromatic heterocycles. The Bertz CT molecular complexity index is 974. The number of aromatic nitrogens is 1. The van der Waals surface area contributed by atoms with Gasteiger partial charge in [0.1, 0.15) is 10.7 Å². The van der Waals surface area contributed by atoms with Gasteiger partial charge in [-0.05, 0) is 37.1 Å². The molecule has 0 spiro atoms. The van der Waals surface area contributed by atoms with Gasteiger partial charge < -0.3 is 9.80 Å². The third-order valence-corrected chi connectivity index (χ3v) is 7.19. The summed E-state index contributed by atoms with van der Waals surface area (Å²) >= 11 is 0. The lowest BCUT2D eigenvalue weighted by molar-refractivity contribution is -0.131. The molecule has 0 N–H and O–H groups in total. The van der Waals surface area contributed by atoms with Crippen LogP contribution >= 0.6 is 0 Å². The van der Waals surface area contributed by atoms with Crippen LogP contribution in [0.5, 0.6) is 0 Å². The van der Waals surface area contributed by atoms with Crippen LogP contribution in [0.25, 0.3) is 0 Å². The minimum atomic E-state index is -3.77. The first-order valence-corrected chi connectivity index (χ1v) is 11.1. The molecule has 1 aliphatic heterocycles. The maximum absolute atomic E-state index is 14.0. The molecule has 29 heavy (non-hydrogen) atoms. The fraction of sp³-hybridized carbons (Fsp3) is 0.400. The number of piperazine rings is 1. The van der Waals surface area contributed by atoms with Crippen molar-refractivity contribution in [1.29, 1.82) is 0 Å². The lowest BCUT2D eigenvalue weighted by atomic mass is 10.2. The van der Waals surface area contributed by atoms with Crippen LogP contribution in [0.15, 0.2) is 53.7 Å². The summed E-state index contributed by atoms with van der Waals surface area (Å²) in [6, 6.07) is 9.51. The van der Waals surface area contributed by atoms with Crippen LogP contribution in [0.1, 0.15) is 12.8 Å². The van der Waals surface area contributed by atoms with Gasteiger partial charge in [0.05, 0.1) is 12.2 Å². The van der Waals surface area contributed by atoms with E-state index in [9.17, 15) is 17.6 Å². The first-order chi connectivity index (χ1) is 14.0. The Morgan fingerprint density at radius 1 is 1.10 bits per heavy atom. The van der Waals surface area contributed by atoms with Crippen molar-refractivity contribution in [2.24, 2.45) is 0 Å². The summed E-state index contributed by atoms with van der Waals surface area (Å²) in [7, 11) is -3.77. The van der Waals surface area contributed by atoms with E-state index in [1.54, 1.807) is 29.2 Å². The topological polar surface area (TPSA) is 73.8 Å². The van der Waals surface area contributed by atoms with E-state index < -0.39 is 10.0 Å². The number of pyridine rings is 1. The van der Waals surface area contributed by atoms with Gasteiger partial charge in [0.25, 0.3) is 0 Å². The van der Waals surface area contributed by atoms with Crippen molar-refractivity contribution in [3.63, 3.8) is 0 Å². The zero-order chi connectivity index (χ0) is 20.4. The molecule has 0 atom stereocenters. The van der Waals surface area contributed by atoms with E-state index >= 15 is 0 Å². The number of hydrogen-bond acceptors (Lipinski definition) is 5. The molecule has 2 aliphatic rings. The van der Waals surface area contributed by atoms with E-state index in [1.807, 2.05) is 4.90 Å². The van der Waals surface area contributed by atoms with Crippen LogP contribution < -0.4 is 4.90 Å². The molecule has 0 bridgehead atoms. The van der Waals surface area contributed by atoms with Crippen LogP contribution in [0.4, 0.5) is 10.1 Å². The predicted molar refractivity (Wildman–Crippen MR) is 106 cm³/mol. The zero-order valence-corrected chi connectivity index (χ0v) is 16.8. The van der Waals surface area contributed by atoms with Crippen molar-refractivity contribution in [3.8, 4) is 0 Å². The van der Waals surface area contributed by atoms with Gasteiger partial charge in [0.2, 0.25) is 15.9 Å². The molecule has 2 aromatic rings. The smallest absolute Gasteiger partial charge is 0.245 e. The van der Waals surface area contributed by atoms with E-state index in [1.165, 1.54) is 28.8 Å². The van der Waals surface area contributed by atoms with Gasteiger partial charge in [0, 0.05) is 44.6 Å². The van der Waals surface area contributed by atoms with Gasteiger partial charge in [-0.1, -0.05) is 12.1 Å². The Hall–Kier alpha value is -2.52. The van der Waals surface area contributed by atoms with Crippen molar-refractivity contribution in [2.75, 3.05) is 37.6 Å². The number of rotatable bonds is 6. The quantitative estimate of drug-likeness (QED) is 0.714. The molecular formula is C20H23FN4O3S. The number of hydrogen-bond donors (Lipinski definition) is 0. The Labute approximate surface area is 169 Å². The highest BCUT2D eigenvalue weighted by atomic mass is 32.2. The maximum Gasteiger partial charge on any atom is 0.245 e. The molecular weight excluding hydrogens is 395 g/mol. The average Bonchev–Trinajstić information content (AvgIpc) is 3.58. The molecule has 1 aliphatic carbocycles. The number of sulfonamides is 1. The second kappa shape index (κ2) is 8.08. The summed E-state index contributed by atoms with van der Waals surface area (Å²) in [6.45, 7) is 1.69. The summed E-state index contributed by atoms with van der Waals surface area (Å²) in [6.07, 6.45) is 4.34. The van der Waals surface area contributed by atoms with Crippen molar-refractivity contribution in [2.45, 2.75) is 23.8 Å². The van der Waals surface area contributed by atoms with E-state index in [2.05, 4.69) is 4.98 Å². The molecule has 7 nitrogen and oxygen atoms in total. The first-order valence-electron chi connectivity index (χ1n) is 9.66. The van der Waals surface area contributed by atoms with Crippen molar-refractivity contribution >= 4 is 21.6 Å². The molecule has 0 radical (unpaired) electrons. The number of carbonyl (C=O) groups excluding carboxylic acids is 1. The monoisotopic (exact) mass is 418 g/mol. The Kier molecular flexibility index (Phi) is 5.51. The summed E-state index contributed by atoms with van der Waals surface area (Å²) in [5, 5.41) is 0. The van der Waals surface area contributed by atoms with Crippen LogP contribution in [0, 0.1) is 5.82 Å². The van der Waals surface area contributed by atoms with Crippen LogP contribution in [0.2, 0.25) is 0 Å². The molecule has 1 aromatic carbocycles. The van der Waals surface area contributed by atoms with Crippen LogP contribution in [-0.2, 0) is 14.8 Å². The summed E-state index contributed by atoms with van der Waals surface area (Å²) in [5.41, 5.74) is 0.526. The minimum Gasteiger partial charge on any atom is -0.366 e. The molecule has 0 unspecified atom stereocenters. The zero-order valence-electron chi connectivity index (χ0n) is 15.9. The highest BCUT2D eigenvalue weighted by Crippen LogP contribution is 2.32. The molecule has 2 fully saturated rings. The molecule has 1 amide bonds. The van der Waals surface area contributed by atoms with Gasteiger partial charge in [-0.25, -0.2) is 12.8 Å². The first kappa shape index (κ1) is 19.8. The second-order valence-electron chi connectivity index (χ2n) is 7.29. The van der Waals surface area contributed by atoms with Gasteiger partial charge in [-0.3, -0.25) is 9.78 Å². The summed E-state index contributed by atoms with van der Waals surface area (Å²) < 4.78 is 41.2. The predicted octanol–water partition coefficient (Wildman–Crippen LogP) is 1.72. The van der Waals surface area contributed by atoms with Gasteiger partial charge in [-0.15, -0.1) is 0 Å². The van der Waals surface area contributed by atoms with E-state index in [4.69, 9.17) is 0 Å². The molecule has 2 heterocycles. The normalized spacial score (nSPS) is 17.6. The van der Waals surface area contributed by atoms with Gasteiger partial charge in [-0.2, -0.15) is 4.31 Å². The number of carbonyl (C=O) groups is 1. The lowest BCUT2D eigenvalue weighted by Crippen LogP contribution is -2.52. The fourth-order valence-corrected chi connectivity index (χ4v) is 5.15. The average molecular weight is 418 g/mol. The summed E-state index contributed by atoms with van der Waals surface area (Å²) in [4.78, 5) is 20.4. The fourth-order valence-electron chi connectivity index (χ4n) is 3.55. The third-order valence-electron chi connectivity index (χ3n) is 5.31. The molecule has 4 rings (SSSR count). The highest BCUT2D eigenvalue weighted by molar-refractivity contribution is 7.89. The Morgan fingerprint density at radius 3 is 2.45 bits per heavy atom. The largest absolute Gasteiger partial charge is 0.366 e. The summed E-state index contributed by atoms with van der Waals surface area (Å²) in [5.74, 6) is -0.507. The van der Waals surface area contributed by atoms with Crippen molar-refractivity contribution in [3.05, 3.63) is 54.6 Å². The Morgan fingerprint density at radius 2 is 1.83 bits per heavy atom. The number of amides is 1. The second-order valence-corrected chi connectivity index (χ2v) is 9.18.